The molecule has 0 aliphatic heterocycles. The SMILES string of the molecule is CC([O-])=C1C=CC=C1.COc1cccc(C=CC([O-])=C2C=CC=C2)c1.[Fe+2]. The molecule has 0 radical (unpaired) electrons. The van der Waals surface area contributed by atoms with Crippen molar-refractivity contribution >= 4 is 6.08 Å². The molecule has 4 heteroatoms. The Morgan fingerprint density at radius 2 is 1.50 bits per heavy atom. The first kappa shape index (κ1) is 21.4. The van der Waals surface area contributed by atoms with Crippen LogP contribution in [0.1, 0.15) is 12.5 Å². The summed E-state index contributed by atoms with van der Waals surface area (Å²) in [4.78, 5) is 0. The van der Waals surface area contributed by atoms with Gasteiger partial charge in [0.1, 0.15) is 5.75 Å². The summed E-state index contributed by atoms with van der Waals surface area (Å²) in [6, 6.07) is 7.58. The average molecular weight is 388 g/mol. The van der Waals surface area contributed by atoms with Crippen molar-refractivity contribution in [3.63, 3.8) is 0 Å². The summed E-state index contributed by atoms with van der Waals surface area (Å²) in [7, 11) is 1.62. The quantitative estimate of drug-likeness (QED) is 0.590. The molecule has 3 rings (SSSR count). The predicted molar refractivity (Wildman–Crippen MR) is 98.3 cm³/mol. The summed E-state index contributed by atoms with van der Waals surface area (Å²) in [6.07, 6.45) is 18.0. The van der Waals surface area contributed by atoms with E-state index in [0.29, 0.717) is 5.57 Å². The zero-order valence-electron chi connectivity index (χ0n) is 14.7. The van der Waals surface area contributed by atoms with E-state index in [2.05, 4.69) is 0 Å². The summed E-state index contributed by atoms with van der Waals surface area (Å²) < 4.78 is 5.12. The molecule has 2 aliphatic rings. The summed E-state index contributed by atoms with van der Waals surface area (Å²) >= 11 is 0. The Kier molecular flexibility index (Phi) is 9.07. The normalized spacial score (nSPS) is 13.6. The van der Waals surface area contributed by atoms with Crippen LogP contribution in [0, 0.1) is 0 Å². The van der Waals surface area contributed by atoms with E-state index in [0.717, 1.165) is 16.9 Å². The largest absolute Gasteiger partial charge is 2.00 e. The minimum Gasteiger partial charge on any atom is -0.875 e. The van der Waals surface area contributed by atoms with Crippen LogP contribution in [-0.2, 0) is 17.1 Å². The molecule has 0 saturated heterocycles. The number of hydrogen-bond donors (Lipinski definition) is 0. The van der Waals surface area contributed by atoms with Crippen molar-refractivity contribution in [1.29, 1.82) is 0 Å². The van der Waals surface area contributed by atoms with E-state index >= 15 is 0 Å². The van der Waals surface area contributed by atoms with E-state index in [4.69, 9.17) is 4.74 Å². The number of benzene rings is 1. The average Bonchev–Trinajstić information content (AvgIpc) is 3.33. The Morgan fingerprint density at radius 1 is 0.923 bits per heavy atom. The van der Waals surface area contributed by atoms with Crippen molar-refractivity contribution in [3.8, 4) is 5.75 Å². The maximum atomic E-state index is 11.7. The molecule has 0 amide bonds. The fraction of sp³-hybridized carbons (Fsp3) is 0.0909. The third-order valence-corrected chi connectivity index (χ3v) is 3.54. The van der Waals surface area contributed by atoms with Gasteiger partial charge in [0, 0.05) is 0 Å². The van der Waals surface area contributed by atoms with Crippen LogP contribution in [0.25, 0.3) is 6.08 Å². The molecule has 0 fully saturated rings. The topological polar surface area (TPSA) is 55.3 Å². The van der Waals surface area contributed by atoms with Gasteiger partial charge < -0.3 is 14.9 Å². The van der Waals surface area contributed by atoms with E-state index in [-0.39, 0.29) is 28.6 Å². The number of rotatable bonds is 3. The van der Waals surface area contributed by atoms with Crippen molar-refractivity contribution in [2.45, 2.75) is 6.92 Å². The van der Waals surface area contributed by atoms with Crippen molar-refractivity contribution in [3.05, 3.63) is 107 Å². The van der Waals surface area contributed by atoms with Gasteiger partial charge in [-0.1, -0.05) is 79.8 Å². The van der Waals surface area contributed by atoms with Gasteiger partial charge in [0.2, 0.25) is 0 Å². The first-order valence-corrected chi connectivity index (χ1v) is 7.91. The van der Waals surface area contributed by atoms with E-state index in [1.807, 2.05) is 60.7 Å². The smallest absolute Gasteiger partial charge is 0.875 e. The van der Waals surface area contributed by atoms with Crippen LogP contribution in [0.4, 0.5) is 0 Å². The molecule has 1 aromatic rings. The van der Waals surface area contributed by atoms with Crippen LogP contribution >= 0.6 is 0 Å². The maximum absolute atomic E-state index is 11.7. The third-order valence-electron chi connectivity index (χ3n) is 3.54. The standard InChI is InChI=1S/C15H14O2.C7H8O.Fe/c1-17-14-8-4-5-12(11-14)9-10-15(16)13-6-2-3-7-13;1-6(8)7-4-2-3-5-7;/h2-11,16H,1H3;2-5,8H,1H3;/q;;+2/p-2. The van der Waals surface area contributed by atoms with Gasteiger partial charge in [0.15, 0.2) is 0 Å². The predicted octanol–water partition coefficient (Wildman–Crippen LogP) is 3.19. The number of hydrogen-bond acceptors (Lipinski definition) is 3. The molecule has 0 heterocycles. The van der Waals surface area contributed by atoms with Gasteiger partial charge in [-0.25, -0.2) is 0 Å². The molecule has 3 nitrogen and oxygen atoms in total. The molecule has 1 aromatic carbocycles. The van der Waals surface area contributed by atoms with E-state index in [9.17, 15) is 10.2 Å². The van der Waals surface area contributed by atoms with Crippen LogP contribution in [0.5, 0.6) is 5.75 Å². The second kappa shape index (κ2) is 11.0. The van der Waals surface area contributed by atoms with Crippen LogP contribution in [-0.4, -0.2) is 7.11 Å². The molecule has 26 heavy (non-hydrogen) atoms. The Morgan fingerprint density at radius 3 is 2.00 bits per heavy atom. The Hall–Kier alpha value is -2.68. The number of allylic oxidation sites excluding steroid dienone is 12. The monoisotopic (exact) mass is 388 g/mol. The summed E-state index contributed by atoms with van der Waals surface area (Å²) in [5, 5.41) is 22.2. The van der Waals surface area contributed by atoms with Gasteiger partial charge in [-0.15, -0.1) is 11.5 Å². The van der Waals surface area contributed by atoms with Gasteiger partial charge >= 0.3 is 17.1 Å². The first-order valence-electron chi connectivity index (χ1n) is 7.91. The van der Waals surface area contributed by atoms with Crippen molar-refractivity contribution in [2.75, 3.05) is 7.11 Å². The molecule has 0 aromatic heterocycles. The molecule has 0 N–H and O–H groups in total. The minimum atomic E-state index is 0. The molecule has 134 valence electrons. The van der Waals surface area contributed by atoms with E-state index in [1.54, 1.807) is 38.3 Å². The van der Waals surface area contributed by atoms with Crippen LogP contribution in [0.3, 0.4) is 0 Å². The van der Waals surface area contributed by atoms with Gasteiger partial charge in [0.25, 0.3) is 0 Å². The molecule has 0 saturated carbocycles. The molecular weight excluding hydrogens is 368 g/mol. The van der Waals surface area contributed by atoms with Crippen LogP contribution < -0.4 is 14.9 Å². The molecule has 0 atom stereocenters. The van der Waals surface area contributed by atoms with Crippen molar-refractivity contribution < 1.29 is 32.0 Å². The zero-order valence-corrected chi connectivity index (χ0v) is 15.8. The second-order valence-corrected chi connectivity index (χ2v) is 5.38. The summed E-state index contributed by atoms with van der Waals surface area (Å²) in [5.74, 6) is 0.931. The molecule has 0 spiro atoms. The zero-order chi connectivity index (χ0) is 18.1. The Balaban J connectivity index is 0.000000318. The van der Waals surface area contributed by atoms with Gasteiger partial charge in [0.05, 0.1) is 7.11 Å². The Labute approximate surface area is 165 Å². The summed E-state index contributed by atoms with van der Waals surface area (Å²) in [5.41, 5.74) is 2.46. The Bertz CT molecular complexity index is 790. The molecule has 0 bridgehead atoms. The van der Waals surface area contributed by atoms with E-state index < -0.39 is 0 Å². The van der Waals surface area contributed by atoms with Crippen molar-refractivity contribution in [2.24, 2.45) is 0 Å². The van der Waals surface area contributed by atoms with Crippen LogP contribution in [0.15, 0.2) is 102 Å². The number of ether oxygens (including phenoxy) is 1. The molecular formula is C22H20FeO3. The van der Waals surface area contributed by atoms with Crippen LogP contribution in [0.2, 0.25) is 0 Å². The summed E-state index contributed by atoms with van der Waals surface area (Å²) in [6.45, 7) is 1.56. The molecule has 0 unspecified atom stereocenters. The van der Waals surface area contributed by atoms with Gasteiger partial charge in [-0.2, -0.15) is 0 Å². The fourth-order valence-corrected chi connectivity index (χ4v) is 2.16. The second-order valence-electron chi connectivity index (χ2n) is 5.38. The third kappa shape index (κ3) is 6.67. The van der Waals surface area contributed by atoms with Gasteiger partial charge in [-0.05, 0) is 28.8 Å². The maximum Gasteiger partial charge on any atom is 2.00 e. The first-order chi connectivity index (χ1) is 12.1. The van der Waals surface area contributed by atoms with Gasteiger partial charge in [-0.3, -0.25) is 0 Å². The number of methoxy groups -OCH3 is 1. The fourth-order valence-electron chi connectivity index (χ4n) is 2.16. The molecule has 2 aliphatic carbocycles. The van der Waals surface area contributed by atoms with E-state index in [1.165, 1.54) is 0 Å². The minimum absolute atomic E-state index is 0. The van der Waals surface area contributed by atoms with Crippen molar-refractivity contribution in [1.82, 2.24) is 0 Å².